The highest BCUT2D eigenvalue weighted by molar-refractivity contribution is 6.15. The number of fused-ring (bicyclic) bond motifs is 1. The number of rotatable bonds is 6. The molecule has 0 N–H and O–H groups in total. The summed E-state index contributed by atoms with van der Waals surface area (Å²) in [4.78, 5) is 24.1. The normalized spacial score (nSPS) is 13.9. The van der Waals surface area contributed by atoms with E-state index in [1.165, 1.54) is 0 Å². The van der Waals surface area contributed by atoms with E-state index in [4.69, 9.17) is 18.9 Å². The largest absolute Gasteiger partial charge is 0.497 e. The van der Waals surface area contributed by atoms with E-state index in [2.05, 4.69) is 0 Å². The molecule has 0 unspecified atom stereocenters. The molecule has 1 aliphatic rings. The van der Waals surface area contributed by atoms with Crippen molar-refractivity contribution in [2.24, 2.45) is 0 Å². The molecule has 1 heterocycles. The second-order valence-corrected chi connectivity index (χ2v) is 5.92. The molecule has 27 heavy (non-hydrogen) atoms. The molecule has 0 saturated heterocycles. The molecular weight excluding hydrogens is 348 g/mol. The van der Waals surface area contributed by atoms with Crippen LogP contribution < -0.4 is 14.2 Å². The summed E-state index contributed by atoms with van der Waals surface area (Å²) in [6, 6.07) is 10.6. The third kappa shape index (κ3) is 4.11. The number of Topliss-reactive ketones (excluding diaryl/α,β-unsaturated/α-hetero) is 1. The molecule has 0 aromatic heterocycles. The fourth-order valence-electron chi connectivity index (χ4n) is 2.76. The monoisotopic (exact) mass is 368 g/mol. The Morgan fingerprint density at radius 3 is 2.56 bits per heavy atom. The van der Waals surface area contributed by atoms with Crippen LogP contribution in [0.2, 0.25) is 0 Å². The average molecular weight is 368 g/mol. The van der Waals surface area contributed by atoms with E-state index >= 15 is 0 Å². The summed E-state index contributed by atoms with van der Waals surface area (Å²) in [7, 11) is 1.60. The molecule has 0 saturated carbocycles. The quantitative estimate of drug-likeness (QED) is 0.573. The number of esters is 1. The van der Waals surface area contributed by atoms with Gasteiger partial charge in [0.05, 0.1) is 19.3 Å². The minimum Gasteiger partial charge on any atom is -0.497 e. The van der Waals surface area contributed by atoms with Crippen LogP contribution >= 0.6 is 0 Å². The first-order valence-electron chi connectivity index (χ1n) is 8.53. The van der Waals surface area contributed by atoms with Crippen molar-refractivity contribution in [2.75, 3.05) is 20.3 Å². The average Bonchev–Trinajstić information content (AvgIpc) is 2.97. The fraction of sp³-hybridized carbons (Fsp3) is 0.238. The summed E-state index contributed by atoms with van der Waals surface area (Å²) >= 11 is 0. The highest BCUT2D eigenvalue weighted by Crippen LogP contribution is 2.37. The van der Waals surface area contributed by atoms with E-state index in [-0.39, 0.29) is 18.1 Å². The minimum atomic E-state index is -0.451. The van der Waals surface area contributed by atoms with Crippen molar-refractivity contribution in [1.29, 1.82) is 0 Å². The Hall–Kier alpha value is -3.28. The Kier molecular flexibility index (Phi) is 5.45. The Morgan fingerprint density at radius 1 is 1.15 bits per heavy atom. The number of methoxy groups -OCH3 is 1. The molecule has 140 valence electrons. The van der Waals surface area contributed by atoms with Gasteiger partial charge in [-0.25, -0.2) is 4.79 Å². The lowest BCUT2D eigenvalue weighted by Crippen LogP contribution is -2.14. The summed E-state index contributed by atoms with van der Waals surface area (Å²) in [6.45, 7) is 3.62. The molecule has 6 heteroatoms. The number of hydrogen-bond donors (Lipinski definition) is 0. The summed E-state index contributed by atoms with van der Waals surface area (Å²) in [5.41, 5.74) is 2.04. The summed E-state index contributed by atoms with van der Waals surface area (Å²) in [5.74, 6) is 1.19. The second-order valence-electron chi connectivity index (χ2n) is 5.92. The molecule has 2 aromatic carbocycles. The SMILES string of the molecule is CCOC(=O)COc1cc(C)c2c(c1)O/C(=C\c1ccc(OC)cc1)C2=O. The highest BCUT2D eigenvalue weighted by Gasteiger charge is 2.30. The van der Waals surface area contributed by atoms with E-state index in [1.807, 2.05) is 24.3 Å². The number of hydrogen-bond acceptors (Lipinski definition) is 6. The van der Waals surface area contributed by atoms with E-state index in [0.29, 0.717) is 23.7 Å². The zero-order valence-corrected chi connectivity index (χ0v) is 15.4. The molecule has 0 amide bonds. The first-order valence-corrected chi connectivity index (χ1v) is 8.53. The number of carbonyl (C=O) groups excluding carboxylic acids is 2. The van der Waals surface area contributed by atoms with Crippen LogP contribution in [0.5, 0.6) is 17.2 Å². The lowest BCUT2D eigenvalue weighted by Gasteiger charge is -2.08. The topological polar surface area (TPSA) is 71.1 Å². The first kappa shape index (κ1) is 18.5. The van der Waals surface area contributed by atoms with Gasteiger partial charge in [0.15, 0.2) is 12.4 Å². The third-order valence-electron chi connectivity index (χ3n) is 4.02. The van der Waals surface area contributed by atoms with Crippen molar-refractivity contribution in [3.8, 4) is 17.2 Å². The maximum atomic E-state index is 12.7. The number of benzene rings is 2. The van der Waals surface area contributed by atoms with Gasteiger partial charge in [0.1, 0.15) is 17.2 Å². The molecule has 6 nitrogen and oxygen atoms in total. The van der Waals surface area contributed by atoms with Crippen LogP contribution in [0.25, 0.3) is 6.08 Å². The molecule has 0 spiro atoms. The zero-order valence-electron chi connectivity index (χ0n) is 15.4. The van der Waals surface area contributed by atoms with Gasteiger partial charge >= 0.3 is 5.97 Å². The van der Waals surface area contributed by atoms with Gasteiger partial charge in [0.2, 0.25) is 5.78 Å². The van der Waals surface area contributed by atoms with Gasteiger partial charge in [-0.2, -0.15) is 0 Å². The maximum absolute atomic E-state index is 12.7. The van der Waals surface area contributed by atoms with Crippen LogP contribution in [0.4, 0.5) is 0 Å². The van der Waals surface area contributed by atoms with Crippen LogP contribution in [0.3, 0.4) is 0 Å². The summed E-state index contributed by atoms with van der Waals surface area (Å²) in [5, 5.41) is 0. The molecule has 0 fully saturated rings. The third-order valence-corrected chi connectivity index (χ3v) is 4.02. The van der Waals surface area contributed by atoms with Crippen molar-refractivity contribution in [3.63, 3.8) is 0 Å². The molecule has 1 aliphatic heterocycles. The van der Waals surface area contributed by atoms with Crippen LogP contribution in [0, 0.1) is 6.92 Å². The van der Waals surface area contributed by atoms with Crippen LogP contribution in [-0.4, -0.2) is 32.1 Å². The van der Waals surface area contributed by atoms with E-state index in [0.717, 1.165) is 16.9 Å². The van der Waals surface area contributed by atoms with Gasteiger partial charge in [0, 0.05) is 6.07 Å². The van der Waals surface area contributed by atoms with Gasteiger partial charge in [-0.1, -0.05) is 12.1 Å². The van der Waals surface area contributed by atoms with Crippen molar-refractivity contribution < 1.29 is 28.5 Å². The van der Waals surface area contributed by atoms with Crippen molar-refractivity contribution >= 4 is 17.8 Å². The van der Waals surface area contributed by atoms with Gasteiger partial charge in [-0.05, 0) is 49.2 Å². The van der Waals surface area contributed by atoms with Crippen molar-refractivity contribution in [1.82, 2.24) is 0 Å². The van der Waals surface area contributed by atoms with Crippen LogP contribution in [0.1, 0.15) is 28.4 Å². The predicted octanol–water partition coefficient (Wildman–Crippen LogP) is 3.56. The number of ketones is 1. The van der Waals surface area contributed by atoms with Crippen molar-refractivity contribution in [3.05, 3.63) is 58.8 Å². The van der Waals surface area contributed by atoms with Gasteiger partial charge in [0.25, 0.3) is 0 Å². The van der Waals surface area contributed by atoms with Gasteiger partial charge in [-0.3, -0.25) is 4.79 Å². The van der Waals surface area contributed by atoms with Crippen LogP contribution in [-0.2, 0) is 9.53 Å². The number of allylic oxidation sites excluding steroid dienone is 1. The van der Waals surface area contributed by atoms with E-state index < -0.39 is 5.97 Å². The molecule has 0 bridgehead atoms. The lowest BCUT2D eigenvalue weighted by atomic mass is 10.0. The minimum absolute atomic E-state index is 0.185. The molecule has 0 radical (unpaired) electrons. The Balaban J connectivity index is 1.80. The van der Waals surface area contributed by atoms with Gasteiger partial charge < -0.3 is 18.9 Å². The van der Waals surface area contributed by atoms with E-state index in [9.17, 15) is 9.59 Å². The Morgan fingerprint density at radius 2 is 1.89 bits per heavy atom. The van der Waals surface area contributed by atoms with Gasteiger partial charge in [-0.15, -0.1) is 0 Å². The summed E-state index contributed by atoms with van der Waals surface area (Å²) in [6.07, 6.45) is 1.68. The zero-order chi connectivity index (χ0) is 19.4. The number of carbonyl (C=O) groups is 2. The number of ether oxygens (including phenoxy) is 4. The number of aryl methyl sites for hydroxylation is 1. The molecule has 0 aliphatic carbocycles. The molecule has 3 rings (SSSR count). The maximum Gasteiger partial charge on any atom is 0.344 e. The van der Waals surface area contributed by atoms with Crippen LogP contribution in [0.15, 0.2) is 42.2 Å². The lowest BCUT2D eigenvalue weighted by molar-refractivity contribution is -0.145. The van der Waals surface area contributed by atoms with Crippen molar-refractivity contribution in [2.45, 2.75) is 13.8 Å². The second kappa shape index (κ2) is 7.95. The predicted molar refractivity (Wildman–Crippen MR) is 99.2 cm³/mol. The first-order chi connectivity index (χ1) is 13.0. The smallest absolute Gasteiger partial charge is 0.344 e. The fourth-order valence-corrected chi connectivity index (χ4v) is 2.76. The molecular formula is C21H20O6. The Labute approximate surface area is 157 Å². The molecule has 2 aromatic rings. The standard InChI is InChI=1S/C21H20O6/c1-4-25-19(22)12-26-16-9-13(2)20-17(11-16)27-18(21(20)23)10-14-5-7-15(24-3)8-6-14/h5-11H,4,12H2,1-3H3/b18-10-. The van der Waals surface area contributed by atoms with E-state index in [1.54, 1.807) is 39.2 Å². The molecule has 0 atom stereocenters. The highest BCUT2D eigenvalue weighted by atomic mass is 16.6. The summed E-state index contributed by atoms with van der Waals surface area (Å²) < 4.78 is 21.1. The Bertz CT molecular complexity index is 896.